The van der Waals surface area contributed by atoms with Crippen molar-refractivity contribution < 1.29 is 22.3 Å². The third-order valence-electron chi connectivity index (χ3n) is 6.51. The van der Waals surface area contributed by atoms with Crippen LogP contribution in [0.25, 0.3) is 11.6 Å². The summed E-state index contributed by atoms with van der Waals surface area (Å²) in [5.74, 6) is -2.59. The van der Waals surface area contributed by atoms with Gasteiger partial charge in [0.1, 0.15) is 11.6 Å². The molecular formula is C26H28F4O. The summed E-state index contributed by atoms with van der Waals surface area (Å²) >= 11 is 0. The van der Waals surface area contributed by atoms with Gasteiger partial charge in [0, 0.05) is 12.2 Å². The minimum absolute atomic E-state index is 0.102. The lowest BCUT2D eigenvalue weighted by Gasteiger charge is -2.28. The van der Waals surface area contributed by atoms with E-state index in [0.29, 0.717) is 40.7 Å². The molecule has 0 unspecified atom stereocenters. The van der Waals surface area contributed by atoms with Crippen LogP contribution in [0.1, 0.15) is 67.7 Å². The van der Waals surface area contributed by atoms with E-state index in [4.69, 9.17) is 4.74 Å². The van der Waals surface area contributed by atoms with Crippen LogP contribution in [0.3, 0.4) is 0 Å². The smallest absolute Gasteiger partial charge is 0.159 e. The number of allylic oxidation sites excluding steroid dienone is 1. The highest BCUT2D eigenvalue weighted by Crippen LogP contribution is 2.36. The minimum Gasteiger partial charge on any atom is -0.378 e. The number of aryl methyl sites for hydroxylation is 1. The lowest BCUT2D eigenvalue weighted by molar-refractivity contribution is 0.0177. The molecule has 0 saturated heterocycles. The van der Waals surface area contributed by atoms with E-state index in [1.54, 1.807) is 0 Å². The lowest BCUT2D eigenvalue weighted by Crippen LogP contribution is -2.22. The predicted molar refractivity (Wildman–Crippen MR) is 115 cm³/mol. The zero-order valence-corrected chi connectivity index (χ0v) is 17.8. The number of ether oxygens (including phenoxy) is 1. The van der Waals surface area contributed by atoms with Crippen molar-refractivity contribution in [3.05, 3.63) is 69.8 Å². The highest BCUT2D eigenvalue weighted by atomic mass is 19.2. The topological polar surface area (TPSA) is 9.23 Å². The van der Waals surface area contributed by atoms with Crippen LogP contribution in [0.2, 0.25) is 0 Å². The number of benzene rings is 2. The van der Waals surface area contributed by atoms with E-state index >= 15 is 0 Å². The van der Waals surface area contributed by atoms with E-state index in [0.717, 1.165) is 57.3 Å². The Morgan fingerprint density at radius 3 is 2.23 bits per heavy atom. The molecule has 2 aromatic rings. The van der Waals surface area contributed by atoms with Gasteiger partial charge in [0.05, 0.1) is 6.10 Å². The van der Waals surface area contributed by atoms with Gasteiger partial charge in [-0.25, -0.2) is 17.6 Å². The third kappa shape index (κ3) is 5.03. The summed E-state index contributed by atoms with van der Waals surface area (Å²) in [6.45, 7) is 2.92. The number of fused-ring (bicyclic) bond motifs is 1. The Labute approximate surface area is 181 Å². The van der Waals surface area contributed by atoms with E-state index in [2.05, 4.69) is 6.92 Å². The molecule has 5 heteroatoms. The SMILES string of the molecule is CCCOC1CCC(CCc2cc(F)c(C3=Cc4cc(F)c(F)cc4C3)c(F)c2)CC1. The number of rotatable bonds is 7. The molecule has 0 atom stereocenters. The second-order valence-corrected chi connectivity index (χ2v) is 8.80. The van der Waals surface area contributed by atoms with E-state index in [1.165, 1.54) is 18.2 Å². The van der Waals surface area contributed by atoms with Crippen molar-refractivity contribution in [3.63, 3.8) is 0 Å². The molecule has 2 aliphatic carbocycles. The van der Waals surface area contributed by atoms with E-state index in [1.807, 2.05) is 0 Å². The molecule has 1 nitrogen and oxygen atoms in total. The van der Waals surface area contributed by atoms with Gasteiger partial charge < -0.3 is 4.74 Å². The fraction of sp³-hybridized carbons (Fsp3) is 0.462. The molecule has 1 saturated carbocycles. The Hall–Kier alpha value is -2.14. The van der Waals surface area contributed by atoms with Gasteiger partial charge in [0.25, 0.3) is 0 Å². The molecule has 0 heterocycles. The molecule has 2 aliphatic rings. The largest absolute Gasteiger partial charge is 0.378 e. The normalized spacial score (nSPS) is 20.6. The van der Waals surface area contributed by atoms with Crippen LogP contribution in [0, 0.1) is 29.2 Å². The van der Waals surface area contributed by atoms with Crippen molar-refractivity contribution in [2.24, 2.45) is 5.92 Å². The summed E-state index contributed by atoms with van der Waals surface area (Å²) in [7, 11) is 0. The van der Waals surface area contributed by atoms with Crippen LogP contribution in [-0.2, 0) is 17.6 Å². The lowest BCUT2D eigenvalue weighted by atomic mass is 9.83. The maximum Gasteiger partial charge on any atom is 0.159 e. The van der Waals surface area contributed by atoms with Gasteiger partial charge >= 0.3 is 0 Å². The molecule has 0 radical (unpaired) electrons. The molecule has 0 aromatic heterocycles. The number of hydrogen-bond acceptors (Lipinski definition) is 1. The summed E-state index contributed by atoms with van der Waals surface area (Å²) in [4.78, 5) is 0. The van der Waals surface area contributed by atoms with Crippen LogP contribution >= 0.6 is 0 Å². The van der Waals surface area contributed by atoms with Gasteiger partial charge in [-0.05, 0) is 104 Å². The fourth-order valence-electron chi connectivity index (χ4n) is 4.81. The van der Waals surface area contributed by atoms with Crippen LogP contribution in [-0.4, -0.2) is 12.7 Å². The first-order valence-corrected chi connectivity index (χ1v) is 11.2. The van der Waals surface area contributed by atoms with Crippen molar-refractivity contribution in [2.45, 2.75) is 64.4 Å². The van der Waals surface area contributed by atoms with E-state index in [9.17, 15) is 17.6 Å². The van der Waals surface area contributed by atoms with Gasteiger partial charge in [0.2, 0.25) is 0 Å². The zero-order chi connectivity index (χ0) is 22.0. The molecule has 0 bridgehead atoms. The summed E-state index contributed by atoms with van der Waals surface area (Å²) in [6, 6.07) is 4.98. The van der Waals surface area contributed by atoms with Gasteiger partial charge in [0.15, 0.2) is 11.6 Å². The Balaban J connectivity index is 1.39. The average Bonchev–Trinajstić information content (AvgIpc) is 3.13. The summed E-state index contributed by atoms with van der Waals surface area (Å²) < 4.78 is 62.4. The Bertz CT molecular complexity index is 951. The Morgan fingerprint density at radius 2 is 1.55 bits per heavy atom. The van der Waals surface area contributed by atoms with E-state index < -0.39 is 23.3 Å². The highest BCUT2D eigenvalue weighted by molar-refractivity contribution is 5.89. The molecule has 166 valence electrons. The molecule has 31 heavy (non-hydrogen) atoms. The molecule has 2 aromatic carbocycles. The maximum absolute atomic E-state index is 14.8. The van der Waals surface area contributed by atoms with Crippen molar-refractivity contribution in [3.8, 4) is 0 Å². The maximum atomic E-state index is 14.8. The number of halogens is 4. The molecule has 0 aliphatic heterocycles. The second-order valence-electron chi connectivity index (χ2n) is 8.80. The summed E-state index contributed by atoms with van der Waals surface area (Å²) in [5.41, 5.74) is 1.96. The minimum atomic E-state index is -0.960. The fourth-order valence-corrected chi connectivity index (χ4v) is 4.81. The second kappa shape index (κ2) is 9.56. The monoisotopic (exact) mass is 432 g/mol. The van der Waals surface area contributed by atoms with Crippen LogP contribution in [0.4, 0.5) is 17.6 Å². The standard InChI is InChI=1S/C26H28F4O/c1-2-9-31-21-7-5-16(6-8-21)3-4-17-10-24(29)26(25(30)11-17)20-12-18-14-22(27)23(28)15-19(18)13-20/h10-12,14-16,21H,2-9,13H2,1H3. The van der Waals surface area contributed by atoms with Gasteiger partial charge in [-0.2, -0.15) is 0 Å². The van der Waals surface area contributed by atoms with Crippen molar-refractivity contribution in [1.29, 1.82) is 0 Å². The Kier molecular flexibility index (Phi) is 6.80. The Morgan fingerprint density at radius 1 is 0.871 bits per heavy atom. The first-order chi connectivity index (χ1) is 14.9. The molecular weight excluding hydrogens is 404 g/mol. The predicted octanol–water partition coefficient (Wildman–Crippen LogP) is 7.26. The molecule has 4 rings (SSSR count). The summed E-state index contributed by atoms with van der Waals surface area (Å²) in [5, 5.41) is 0. The van der Waals surface area contributed by atoms with Crippen LogP contribution in [0.5, 0.6) is 0 Å². The van der Waals surface area contributed by atoms with Crippen molar-refractivity contribution >= 4 is 11.6 Å². The quantitative estimate of drug-likeness (QED) is 0.419. The van der Waals surface area contributed by atoms with Crippen molar-refractivity contribution in [1.82, 2.24) is 0 Å². The van der Waals surface area contributed by atoms with Gasteiger partial charge in [-0.15, -0.1) is 0 Å². The third-order valence-corrected chi connectivity index (χ3v) is 6.51. The van der Waals surface area contributed by atoms with Gasteiger partial charge in [-0.1, -0.05) is 13.0 Å². The number of hydrogen-bond donors (Lipinski definition) is 0. The molecule has 1 fully saturated rings. The van der Waals surface area contributed by atoms with Crippen LogP contribution in [0.15, 0.2) is 24.3 Å². The van der Waals surface area contributed by atoms with Gasteiger partial charge in [-0.3, -0.25) is 0 Å². The molecule has 0 spiro atoms. The molecule has 0 amide bonds. The molecule has 0 N–H and O–H groups in total. The average molecular weight is 433 g/mol. The first-order valence-electron chi connectivity index (χ1n) is 11.2. The summed E-state index contributed by atoms with van der Waals surface area (Å²) in [6.07, 6.45) is 8.96. The van der Waals surface area contributed by atoms with Crippen LogP contribution < -0.4 is 0 Å². The zero-order valence-electron chi connectivity index (χ0n) is 17.8. The first kappa shape index (κ1) is 22.1. The van der Waals surface area contributed by atoms with Crippen molar-refractivity contribution in [2.75, 3.05) is 6.61 Å². The van der Waals surface area contributed by atoms with E-state index in [-0.39, 0.29) is 12.0 Å². The highest BCUT2D eigenvalue weighted by Gasteiger charge is 2.24.